The molecular formula is C12H15Cl2NO3S. The first kappa shape index (κ1) is 16.3. The Morgan fingerprint density at radius 3 is 2.42 bits per heavy atom. The average molecular weight is 324 g/mol. The Kier molecular flexibility index (Phi) is 5.24. The molecule has 7 heteroatoms. The second kappa shape index (κ2) is 6.11. The Morgan fingerprint density at radius 2 is 2.00 bits per heavy atom. The van der Waals surface area contributed by atoms with E-state index in [1.807, 2.05) is 6.92 Å². The molecule has 0 aliphatic heterocycles. The van der Waals surface area contributed by atoms with Gasteiger partial charge in [0, 0.05) is 16.6 Å². The van der Waals surface area contributed by atoms with E-state index < -0.39 is 9.05 Å². The average Bonchev–Trinajstić information content (AvgIpc) is 2.30. The van der Waals surface area contributed by atoms with Crippen molar-refractivity contribution in [3.8, 4) is 0 Å². The lowest BCUT2D eigenvalue weighted by atomic mass is 10.1. The van der Waals surface area contributed by atoms with E-state index in [0.29, 0.717) is 17.7 Å². The van der Waals surface area contributed by atoms with Crippen LogP contribution in [0.4, 0.5) is 5.69 Å². The molecule has 0 spiro atoms. The van der Waals surface area contributed by atoms with Gasteiger partial charge >= 0.3 is 0 Å². The van der Waals surface area contributed by atoms with Crippen molar-refractivity contribution in [3.05, 3.63) is 22.7 Å². The van der Waals surface area contributed by atoms with E-state index in [0.717, 1.165) is 0 Å². The van der Waals surface area contributed by atoms with Gasteiger partial charge in [-0.05, 0) is 31.0 Å². The number of halogens is 2. The summed E-state index contributed by atoms with van der Waals surface area (Å²) in [5.41, 5.74) is 0.958. The predicted molar refractivity (Wildman–Crippen MR) is 77.3 cm³/mol. The monoisotopic (exact) mass is 323 g/mol. The van der Waals surface area contributed by atoms with E-state index in [1.165, 1.54) is 12.1 Å². The standard InChI is InChI=1S/C12H15Cl2NO3S/c1-4-7(2)12(16)15-11-8(3)5-9(6-10(11)13)19(14,17)18/h5-7H,4H2,1-3H3,(H,15,16). The minimum atomic E-state index is -3.84. The van der Waals surface area contributed by atoms with Crippen LogP contribution in [0.2, 0.25) is 5.02 Å². The number of aryl methyl sites for hydroxylation is 1. The molecule has 0 radical (unpaired) electrons. The first-order chi connectivity index (χ1) is 8.66. The normalized spacial score (nSPS) is 13.1. The van der Waals surface area contributed by atoms with Gasteiger partial charge in [0.15, 0.2) is 0 Å². The number of rotatable bonds is 4. The van der Waals surface area contributed by atoms with Gasteiger partial charge in [-0.1, -0.05) is 25.4 Å². The number of carbonyl (C=O) groups excluding carboxylic acids is 1. The summed E-state index contributed by atoms with van der Waals surface area (Å²) in [5.74, 6) is -0.305. The van der Waals surface area contributed by atoms with Crippen molar-refractivity contribution in [1.82, 2.24) is 0 Å². The van der Waals surface area contributed by atoms with Crippen molar-refractivity contribution in [2.75, 3.05) is 5.32 Å². The van der Waals surface area contributed by atoms with Gasteiger partial charge in [-0.25, -0.2) is 8.42 Å². The smallest absolute Gasteiger partial charge is 0.261 e. The summed E-state index contributed by atoms with van der Waals surface area (Å²) in [7, 11) is 1.42. The molecule has 0 fully saturated rings. The zero-order chi connectivity index (χ0) is 14.8. The molecule has 0 saturated heterocycles. The largest absolute Gasteiger partial charge is 0.324 e. The molecule has 1 aromatic carbocycles. The molecule has 0 heterocycles. The molecule has 19 heavy (non-hydrogen) atoms. The van der Waals surface area contributed by atoms with Gasteiger partial charge in [-0.2, -0.15) is 0 Å². The summed E-state index contributed by atoms with van der Waals surface area (Å²) in [5, 5.41) is 2.85. The van der Waals surface area contributed by atoms with Crippen molar-refractivity contribution in [1.29, 1.82) is 0 Å². The van der Waals surface area contributed by atoms with E-state index in [2.05, 4.69) is 5.32 Å². The third-order valence-corrected chi connectivity index (χ3v) is 4.48. The number of nitrogens with one attached hydrogen (secondary N) is 1. The number of hydrogen-bond acceptors (Lipinski definition) is 3. The SMILES string of the molecule is CCC(C)C(=O)Nc1c(C)cc(S(=O)(=O)Cl)cc1Cl. The van der Waals surface area contributed by atoms with Crippen LogP contribution in [0.25, 0.3) is 0 Å². The molecule has 0 saturated carbocycles. The minimum Gasteiger partial charge on any atom is -0.324 e. The Morgan fingerprint density at radius 1 is 1.42 bits per heavy atom. The van der Waals surface area contributed by atoms with Gasteiger partial charge in [0.1, 0.15) is 0 Å². The Bertz CT molecular complexity index is 576. The number of hydrogen-bond donors (Lipinski definition) is 1. The first-order valence-corrected chi connectivity index (χ1v) is 8.41. The molecule has 1 unspecified atom stereocenters. The second-order valence-corrected chi connectivity index (χ2v) is 7.31. The Balaban J connectivity index is 3.15. The summed E-state index contributed by atoms with van der Waals surface area (Å²) in [6.07, 6.45) is 0.705. The van der Waals surface area contributed by atoms with E-state index in [9.17, 15) is 13.2 Å². The van der Waals surface area contributed by atoms with Crippen LogP contribution in [0, 0.1) is 12.8 Å². The Hall–Kier alpha value is -0.780. The van der Waals surface area contributed by atoms with Crippen LogP contribution in [0.1, 0.15) is 25.8 Å². The van der Waals surface area contributed by atoms with Crippen LogP contribution in [-0.4, -0.2) is 14.3 Å². The van der Waals surface area contributed by atoms with Crippen LogP contribution in [0.3, 0.4) is 0 Å². The lowest BCUT2D eigenvalue weighted by Gasteiger charge is -2.14. The maximum Gasteiger partial charge on any atom is 0.261 e. The molecule has 106 valence electrons. The summed E-state index contributed by atoms with van der Waals surface area (Å²) in [4.78, 5) is 11.7. The molecule has 1 aromatic rings. The van der Waals surface area contributed by atoms with Gasteiger partial charge in [-0.3, -0.25) is 4.79 Å². The van der Waals surface area contributed by atoms with E-state index in [1.54, 1.807) is 13.8 Å². The maximum atomic E-state index is 11.8. The third kappa shape index (κ3) is 4.09. The topological polar surface area (TPSA) is 63.2 Å². The van der Waals surface area contributed by atoms with Crippen LogP contribution in [-0.2, 0) is 13.8 Å². The van der Waals surface area contributed by atoms with E-state index in [-0.39, 0.29) is 21.7 Å². The van der Waals surface area contributed by atoms with Crippen molar-refractivity contribution in [2.45, 2.75) is 32.1 Å². The fraction of sp³-hybridized carbons (Fsp3) is 0.417. The van der Waals surface area contributed by atoms with Crippen molar-refractivity contribution < 1.29 is 13.2 Å². The van der Waals surface area contributed by atoms with Crippen LogP contribution >= 0.6 is 22.3 Å². The summed E-state index contributed by atoms with van der Waals surface area (Å²) in [6.45, 7) is 5.36. The molecule has 4 nitrogen and oxygen atoms in total. The van der Waals surface area contributed by atoms with E-state index in [4.69, 9.17) is 22.3 Å². The summed E-state index contributed by atoms with van der Waals surface area (Å²) < 4.78 is 22.5. The highest BCUT2D eigenvalue weighted by Crippen LogP contribution is 2.31. The molecule has 0 aliphatic carbocycles. The van der Waals surface area contributed by atoms with Gasteiger partial charge < -0.3 is 5.32 Å². The van der Waals surface area contributed by atoms with Gasteiger partial charge in [-0.15, -0.1) is 0 Å². The van der Waals surface area contributed by atoms with Crippen molar-refractivity contribution in [3.63, 3.8) is 0 Å². The zero-order valence-corrected chi connectivity index (χ0v) is 13.2. The highest BCUT2D eigenvalue weighted by Gasteiger charge is 2.18. The predicted octanol–water partition coefficient (Wildman–Crippen LogP) is 3.56. The molecular weight excluding hydrogens is 309 g/mol. The molecule has 0 aromatic heterocycles. The number of benzene rings is 1. The fourth-order valence-corrected chi connectivity index (χ4v) is 2.67. The van der Waals surface area contributed by atoms with E-state index >= 15 is 0 Å². The molecule has 1 atom stereocenters. The summed E-state index contributed by atoms with van der Waals surface area (Å²) in [6, 6.07) is 2.60. The minimum absolute atomic E-state index is 0.0850. The highest BCUT2D eigenvalue weighted by atomic mass is 35.7. The molecule has 1 rings (SSSR count). The van der Waals surface area contributed by atoms with Crippen LogP contribution in [0.5, 0.6) is 0 Å². The highest BCUT2D eigenvalue weighted by molar-refractivity contribution is 8.13. The van der Waals surface area contributed by atoms with Gasteiger partial charge in [0.05, 0.1) is 15.6 Å². The van der Waals surface area contributed by atoms with Gasteiger partial charge in [0.2, 0.25) is 5.91 Å². The van der Waals surface area contributed by atoms with Crippen molar-refractivity contribution in [2.24, 2.45) is 5.92 Å². The van der Waals surface area contributed by atoms with Gasteiger partial charge in [0.25, 0.3) is 9.05 Å². The molecule has 1 amide bonds. The van der Waals surface area contributed by atoms with Crippen LogP contribution < -0.4 is 5.32 Å². The zero-order valence-electron chi connectivity index (χ0n) is 10.8. The lowest BCUT2D eigenvalue weighted by Crippen LogP contribution is -2.20. The number of carbonyl (C=O) groups is 1. The number of amides is 1. The summed E-state index contributed by atoms with van der Waals surface area (Å²) >= 11 is 5.99. The van der Waals surface area contributed by atoms with Crippen LogP contribution in [0.15, 0.2) is 17.0 Å². The quantitative estimate of drug-likeness (QED) is 0.861. The first-order valence-electron chi connectivity index (χ1n) is 5.72. The number of anilines is 1. The molecule has 0 aliphatic rings. The third-order valence-electron chi connectivity index (χ3n) is 2.85. The van der Waals surface area contributed by atoms with Crippen molar-refractivity contribution >= 4 is 42.9 Å². The second-order valence-electron chi connectivity index (χ2n) is 4.33. The Labute approximate surface area is 122 Å². The fourth-order valence-electron chi connectivity index (χ4n) is 1.44. The molecule has 1 N–H and O–H groups in total. The lowest BCUT2D eigenvalue weighted by molar-refractivity contribution is -0.119. The molecule has 0 bridgehead atoms. The maximum absolute atomic E-state index is 11.8.